The van der Waals surface area contributed by atoms with E-state index >= 15 is 0 Å². The predicted molar refractivity (Wildman–Crippen MR) is 94.7 cm³/mol. The Labute approximate surface area is 150 Å². The standard InChI is InChI=1S/C17H23N5O2S/c1-21-17(24)22-10-11(6-7-14(22)20-21)16(23)18-9-8-15-19-12-4-2-3-5-13(12)25-15/h11H,2-10H2,1H3,(H,18,23)/t11-/m1/s1. The molecule has 1 aliphatic heterocycles. The van der Waals surface area contributed by atoms with Crippen LogP contribution in [0.2, 0.25) is 0 Å². The zero-order valence-corrected chi connectivity index (χ0v) is 15.3. The van der Waals surface area contributed by atoms with Crippen molar-refractivity contribution >= 4 is 17.2 Å². The second kappa shape index (κ2) is 6.74. The number of carbonyl (C=O) groups excluding carboxylic acids is 1. The van der Waals surface area contributed by atoms with Gasteiger partial charge in [-0.3, -0.25) is 9.36 Å². The molecule has 7 nitrogen and oxygen atoms in total. The van der Waals surface area contributed by atoms with Crippen molar-refractivity contribution in [2.75, 3.05) is 6.54 Å². The number of aryl methyl sites for hydroxylation is 4. The van der Waals surface area contributed by atoms with Gasteiger partial charge in [-0.15, -0.1) is 11.3 Å². The minimum atomic E-state index is -0.154. The lowest BCUT2D eigenvalue weighted by atomic mass is 9.98. The van der Waals surface area contributed by atoms with Crippen molar-refractivity contribution < 1.29 is 4.79 Å². The van der Waals surface area contributed by atoms with Crippen molar-refractivity contribution in [3.63, 3.8) is 0 Å². The molecule has 2 aromatic heterocycles. The smallest absolute Gasteiger partial charge is 0.345 e. The number of rotatable bonds is 4. The van der Waals surface area contributed by atoms with Gasteiger partial charge in [0.15, 0.2) is 0 Å². The maximum Gasteiger partial charge on any atom is 0.345 e. The van der Waals surface area contributed by atoms with Gasteiger partial charge < -0.3 is 5.32 Å². The first-order valence-electron chi connectivity index (χ1n) is 8.99. The van der Waals surface area contributed by atoms with Crippen LogP contribution in [-0.2, 0) is 44.1 Å². The van der Waals surface area contributed by atoms with E-state index in [0.717, 1.165) is 36.5 Å². The fourth-order valence-electron chi connectivity index (χ4n) is 3.70. The average Bonchev–Trinajstić information content (AvgIpc) is 3.15. The van der Waals surface area contributed by atoms with Gasteiger partial charge in [-0.25, -0.2) is 14.5 Å². The first-order valence-corrected chi connectivity index (χ1v) is 9.81. The largest absolute Gasteiger partial charge is 0.355 e. The fourth-order valence-corrected chi connectivity index (χ4v) is 4.86. The van der Waals surface area contributed by atoms with Crippen LogP contribution in [0.3, 0.4) is 0 Å². The Hall–Kier alpha value is -1.96. The number of aromatic nitrogens is 4. The molecule has 1 atom stereocenters. The van der Waals surface area contributed by atoms with E-state index in [9.17, 15) is 9.59 Å². The summed E-state index contributed by atoms with van der Waals surface area (Å²) in [6.45, 7) is 1.04. The van der Waals surface area contributed by atoms with Crippen molar-refractivity contribution in [1.82, 2.24) is 24.6 Å². The SMILES string of the molecule is Cn1nc2n(c1=O)C[C@H](C(=O)NCCc1nc3c(s1)CCCC3)CC2. The Morgan fingerprint density at radius 2 is 2.16 bits per heavy atom. The summed E-state index contributed by atoms with van der Waals surface area (Å²) in [7, 11) is 1.65. The highest BCUT2D eigenvalue weighted by Gasteiger charge is 2.27. The fraction of sp³-hybridized carbons (Fsp3) is 0.647. The molecule has 8 heteroatoms. The van der Waals surface area contributed by atoms with Crippen molar-refractivity contribution in [3.05, 3.63) is 31.9 Å². The number of hydrogen-bond acceptors (Lipinski definition) is 5. The maximum atomic E-state index is 12.4. The number of nitrogens with one attached hydrogen (secondary N) is 1. The summed E-state index contributed by atoms with van der Waals surface area (Å²) in [5, 5.41) is 8.36. The van der Waals surface area contributed by atoms with E-state index in [1.807, 2.05) is 0 Å². The zero-order valence-electron chi connectivity index (χ0n) is 14.5. The first kappa shape index (κ1) is 16.5. The summed E-state index contributed by atoms with van der Waals surface area (Å²) in [4.78, 5) is 30.6. The Bertz CT molecular complexity index is 826. The molecule has 134 valence electrons. The maximum absolute atomic E-state index is 12.4. The van der Waals surface area contributed by atoms with Crippen LogP contribution in [0.4, 0.5) is 0 Å². The van der Waals surface area contributed by atoms with Crippen molar-refractivity contribution in [2.24, 2.45) is 13.0 Å². The van der Waals surface area contributed by atoms with E-state index < -0.39 is 0 Å². The molecule has 3 heterocycles. The lowest BCUT2D eigenvalue weighted by Crippen LogP contribution is -2.39. The Morgan fingerprint density at radius 1 is 1.32 bits per heavy atom. The molecule has 1 aliphatic carbocycles. The van der Waals surface area contributed by atoms with E-state index in [2.05, 4.69) is 10.4 Å². The molecule has 25 heavy (non-hydrogen) atoms. The van der Waals surface area contributed by atoms with Gasteiger partial charge in [-0.1, -0.05) is 0 Å². The van der Waals surface area contributed by atoms with Gasteiger partial charge in [0, 0.05) is 37.9 Å². The van der Waals surface area contributed by atoms with Crippen LogP contribution in [0.25, 0.3) is 0 Å². The summed E-state index contributed by atoms with van der Waals surface area (Å²) >= 11 is 1.80. The molecular formula is C17H23N5O2S. The molecule has 4 rings (SSSR count). The summed E-state index contributed by atoms with van der Waals surface area (Å²) in [6, 6.07) is 0. The summed E-state index contributed by atoms with van der Waals surface area (Å²) in [5.41, 5.74) is 1.13. The van der Waals surface area contributed by atoms with Crippen LogP contribution in [0.15, 0.2) is 4.79 Å². The molecule has 2 aromatic rings. The third-order valence-electron chi connectivity index (χ3n) is 5.10. The summed E-state index contributed by atoms with van der Waals surface area (Å²) in [6.07, 6.45) is 6.97. The minimum Gasteiger partial charge on any atom is -0.355 e. The Kier molecular flexibility index (Phi) is 4.45. The minimum absolute atomic E-state index is 0.0303. The molecule has 1 amide bonds. The third-order valence-corrected chi connectivity index (χ3v) is 6.32. The van der Waals surface area contributed by atoms with Crippen LogP contribution < -0.4 is 11.0 Å². The Morgan fingerprint density at radius 3 is 3.00 bits per heavy atom. The lowest BCUT2D eigenvalue weighted by Gasteiger charge is -2.21. The number of hydrogen-bond donors (Lipinski definition) is 1. The number of thiazole rings is 1. The van der Waals surface area contributed by atoms with Gasteiger partial charge in [-0.05, 0) is 32.1 Å². The van der Waals surface area contributed by atoms with E-state index in [1.165, 1.54) is 28.1 Å². The van der Waals surface area contributed by atoms with Crippen LogP contribution in [-0.4, -0.2) is 31.8 Å². The van der Waals surface area contributed by atoms with Crippen LogP contribution >= 0.6 is 11.3 Å². The van der Waals surface area contributed by atoms with Crippen LogP contribution in [0.5, 0.6) is 0 Å². The summed E-state index contributed by atoms with van der Waals surface area (Å²) in [5.74, 6) is 0.659. The highest BCUT2D eigenvalue weighted by molar-refractivity contribution is 7.11. The molecule has 0 saturated carbocycles. The number of carbonyl (C=O) groups is 1. The molecule has 0 aromatic carbocycles. The monoisotopic (exact) mass is 361 g/mol. The molecule has 0 saturated heterocycles. The van der Waals surface area contributed by atoms with Gasteiger partial charge in [0.05, 0.1) is 16.6 Å². The van der Waals surface area contributed by atoms with Gasteiger partial charge in [-0.2, -0.15) is 5.10 Å². The number of amides is 1. The van der Waals surface area contributed by atoms with Crippen LogP contribution in [0.1, 0.15) is 40.7 Å². The highest BCUT2D eigenvalue weighted by atomic mass is 32.1. The quantitative estimate of drug-likeness (QED) is 0.875. The van der Waals surface area contributed by atoms with E-state index in [0.29, 0.717) is 19.5 Å². The lowest BCUT2D eigenvalue weighted by molar-refractivity contribution is -0.125. The highest BCUT2D eigenvalue weighted by Crippen LogP contribution is 2.26. The number of fused-ring (bicyclic) bond motifs is 2. The molecular weight excluding hydrogens is 338 g/mol. The molecule has 0 radical (unpaired) electrons. The normalized spacial score (nSPS) is 19.3. The summed E-state index contributed by atoms with van der Waals surface area (Å²) < 4.78 is 2.97. The van der Waals surface area contributed by atoms with Gasteiger partial charge >= 0.3 is 5.69 Å². The number of nitrogens with zero attached hydrogens (tertiary/aromatic N) is 4. The zero-order chi connectivity index (χ0) is 17.4. The first-order chi connectivity index (χ1) is 12.1. The van der Waals surface area contributed by atoms with Crippen molar-refractivity contribution in [2.45, 2.75) is 51.5 Å². The second-order valence-electron chi connectivity index (χ2n) is 6.89. The van der Waals surface area contributed by atoms with E-state index in [1.54, 1.807) is 23.0 Å². The molecule has 2 aliphatic rings. The van der Waals surface area contributed by atoms with Crippen LogP contribution in [0, 0.1) is 5.92 Å². The van der Waals surface area contributed by atoms with Crippen molar-refractivity contribution in [1.29, 1.82) is 0 Å². The average molecular weight is 361 g/mol. The predicted octanol–water partition coefficient (Wildman–Crippen LogP) is 0.838. The molecule has 0 bridgehead atoms. The third kappa shape index (κ3) is 3.27. The molecule has 0 fully saturated rings. The Balaban J connectivity index is 1.31. The van der Waals surface area contributed by atoms with Gasteiger partial charge in [0.2, 0.25) is 5.91 Å². The molecule has 0 unspecified atom stereocenters. The van der Waals surface area contributed by atoms with E-state index in [-0.39, 0.29) is 17.5 Å². The van der Waals surface area contributed by atoms with Gasteiger partial charge in [0.25, 0.3) is 0 Å². The topological polar surface area (TPSA) is 81.8 Å². The van der Waals surface area contributed by atoms with Crippen molar-refractivity contribution in [3.8, 4) is 0 Å². The second-order valence-corrected chi connectivity index (χ2v) is 8.06. The molecule has 1 N–H and O–H groups in total. The van der Waals surface area contributed by atoms with Gasteiger partial charge in [0.1, 0.15) is 5.82 Å². The molecule has 0 spiro atoms. The van der Waals surface area contributed by atoms with E-state index in [4.69, 9.17) is 4.98 Å².